The van der Waals surface area contributed by atoms with Crippen LogP contribution in [0.4, 0.5) is 10.5 Å². The van der Waals surface area contributed by atoms with Crippen LogP contribution in [0.2, 0.25) is 0 Å². The fraction of sp³-hybridized carbons (Fsp3) is 0.333. The number of sulfonamides is 1. The van der Waals surface area contributed by atoms with Gasteiger partial charge in [-0.2, -0.15) is 4.31 Å². The average molecular weight is 534 g/mol. The first-order chi connectivity index (χ1) is 17.3. The molecule has 1 aromatic heterocycles. The number of hydrogen-bond donors (Lipinski definition) is 0. The summed E-state index contributed by atoms with van der Waals surface area (Å²) < 4.78 is 44.3. The van der Waals surface area contributed by atoms with Crippen LogP contribution in [0, 0.1) is 10.1 Å². The lowest BCUT2D eigenvalue weighted by molar-refractivity contribution is -0.384. The van der Waals surface area contributed by atoms with Crippen LogP contribution in [0.15, 0.2) is 53.4 Å². The van der Waals surface area contributed by atoms with E-state index in [1.807, 2.05) is 0 Å². The SMILES string of the molecule is COC(=O)CN(Cc1cc2cc([N+](=O)[O-])ccc2n1C(=O)OC(C)(C)C)S(=O)(=O)c1ccc(OC)cc1. The fourth-order valence-electron chi connectivity index (χ4n) is 3.52. The van der Waals surface area contributed by atoms with Crippen LogP contribution < -0.4 is 4.74 Å². The Morgan fingerprint density at radius 3 is 2.24 bits per heavy atom. The zero-order valence-electron chi connectivity index (χ0n) is 21.0. The van der Waals surface area contributed by atoms with Crippen LogP contribution in [0.1, 0.15) is 26.5 Å². The summed E-state index contributed by atoms with van der Waals surface area (Å²) in [6.07, 6.45) is -0.814. The van der Waals surface area contributed by atoms with Gasteiger partial charge in [0.25, 0.3) is 5.69 Å². The van der Waals surface area contributed by atoms with Crippen molar-refractivity contribution >= 4 is 38.7 Å². The molecule has 198 valence electrons. The molecule has 1 heterocycles. The van der Waals surface area contributed by atoms with Crippen molar-refractivity contribution in [2.75, 3.05) is 20.8 Å². The topological polar surface area (TPSA) is 147 Å². The molecule has 2 aromatic carbocycles. The van der Waals surface area contributed by atoms with E-state index in [4.69, 9.17) is 14.2 Å². The highest BCUT2D eigenvalue weighted by Gasteiger charge is 2.31. The van der Waals surface area contributed by atoms with Crippen LogP contribution >= 0.6 is 0 Å². The van der Waals surface area contributed by atoms with Crippen LogP contribution in [0.5, 0.6) is 5.75 Å². The zero-order valence-corrected chi connectivity index (χ0v) is 21.8. The number of carbonyl (C=O) groups excluding carboxylic acids is 2. The molecule has 0 aliphatic rings. The number of benzene rings is 2. The van der Waals surface area contributed by atoms with Crippen LogP contribution in [-0.4, -0.2) is 60.6 Å². The van der Waals surface area contributed by atoms with Crippen molar-refractivity contribution in [3.63, 3.8) is 0 Å². The van der Waals surface area contributed by atoms with Gasteiger partial charge in [0.05, 0.1) is 36.1 Å². The standard InChI is InChI=1S/C24H27N3O9S/c1-24(2,3)36-23(29)26-18(13-16-12-17(27(30)31)6-11-21(16)26)14-25(15-22(28)35-5)37(32,33)20-9-7-19(34-4)8-10-20/h6-13H,14-15H2,1-5H3. The van der Waals surface area contributed by atoms with Crippen LogP contribution in [0.25, 0.3) is 10.9 Å². The smallest absolute Gasteiger partial charge is 0.419 e. The summed E-state index contributed by atoms with van der Waals surface area (Å²) in [7, 11) is -1.70. The number of nitro groups is 1. The van der Waals surface area contributed by atoms with Crippen molar-refractivity contribution < 1.29 is 37.1 Å². The highest BCUT2D eigenvalue weighted by atomic mass is 32.2. The summed E-state index contributed by atoms with van der Waals surface area (Å²) in [5.74, 6) is -0.391. The number of fused-ring (bicyclic) bond motifs is 1. The molecule has 0 fully saturated rings. The molecule has 0 spiro atoms. The summed E-state index contributed by atoms with van der Waals surface area (Å²) >= 11 is 0. The molecule has 0 amide bonds. The van der Waals surface area contributed by atoms with Crippen molar-refractivity contribution in [2.45, 2.75) is 37.8 Å². The van der Waals surface area contributed by atoms with Gasteiger partial charge < -0.3 is 14.2 Å². The molecule has 3 rings (SSSR count). The molecule has 0 aliphatic heterocycles. The number of ether oxygens (including phenoxy) is 3. The Hall–Kier alpha value is -3.97. The Bertz CT molecular complexity index is 1440. The summed E-state index contributed by atoms with van der Waals surface area (Å²) in [6.45, 7) is 3.91. The molecule has 0 unspecified atom stereocenters. The molecule has 0 bridgehead atoms. The first-order valence-electron chi connectivity index (χ1n) is 11.0. The molecule has 0 saturated heterocycles. The predicted molar refractivity (Wildman–Crippen MR) is 133 cm³/mol. The van der Waals surface area contributed by atoms with Gasteiger partial charge in [0, 0.05) is 23.2 Å². The van der Waals surface area contributed by atoms with E-state index in [9.17, 15) is 28.1 Å². The molecule has 0 atom stereocenters. The lowest BCUT2D eigenvalue weighted by atomic mass is 10.2. The average Bonchev–Trinajstić information content (AvgIpc) is 3.19. The molecule has 0 radical (unpaired) electrons. The van der Waals surface area contributed by atoms with Crippen LogP contribution in [0.3, 0.4) is 0 Å². The van der Waals surface area contributed by atoms with Gasteiger partial charge in [-0.1, -0.05) is 0 Å². The van der Waals surface area contributed by atoms with Gasteiger partial charge >= 0.3 is 12.1 Å². The highest BCUT2D eigenvalue weighted by Crippen LogP contribution is 2.28. The molecule has 13 heteroatoms. The second kappa shape index (κ2) is 10.6. The van der Waals surface area contributed by atoms with E-state index in [1.54, 1.807) is 20.8 Å². The Balaban J connectivity index is 2.16. The minimum atomic E-state index is -4.26. The van der Waals surface area contributed by atoms with Gasteiger partial charge in [-0.05, 0) is 57.2 Å². The maximum atomic E-state index is 13.5. The number of aromatic nitrogens is 1. The van der Waals surface area contributed by atoms with Gasteiger partial charge in [0.15, 0.2) is 0 Å². The number of nitro benzene ring substituents is 1. The molecule has 3 aromatic rings. The summed E-state index contributed by atoms with van der Waals surface area (Å²) in [6, 6.07) is 10.9. The van der Waals surface area contributed by atoms with Crippen molar-refractivity contribution in [1.82, 2.24) is 8.87 Å². The highest BCUT2D eigenvalue weighted by molar-refractivity contribution is 7.89. The lowest BCUT2D eigenvalue weighted by Crippen LogP contribution is -2.37. The third-order valence-corrected chi connectivity index (χ3v) is 7.02. The van der Waals surface area contributed by atoms with E-state index < -0.39 is 45.7 Å². The number of non-ortho nitro benzene ring substituents is 1. The van der Waals surface area contributed by atoms with Crippen LogP contribution in [-0.2, 0) is 30.8 Å². The van der Waals surface area contributed by atoms with Crippen molar-refractivity contribution in [1.29, 1.82) is 0 Å². The van der Waals surface area contributed by atoms with Crippen molar-refractivity contribution in [2.24, 2.45) is 0 Å². The minimum Gasteiger partial charge on any atom is -0.497 e. The maximum Gasteiger partial charge on any atom is 0.419 e. The van der Waals surface area contributed by atoms with Crippen molar-refractivity contribution in [3.8, 4) is 5.75 Å². The molecule has 0 aliphatic carbocycles. The van der Waals surface area contributed by atoms with E-state index >= 15 is 0 Å². The summed E-state index contributed by atoms with van der Waals surface area (Å²) in [5, 5.41) is 11.6. The normalized spacial score (nSPS) is 11.9. The van der Waals surface area contributed by atoms with E-state index in [0.717, 1.165) is 16.0 Å². The zero-order chi connectivity index (χ0) is 27.5. The quantitative estimate of drug-likeness (QED) is 0.240. The Kier molecular flexibility index (Phi) is 7.88. The molecular weight excluding hydrogens is 506 g/mol. The monoisotopic (exact) mass is 533 g/mol. The Labute approximate surface area is 213 Å². The lowest BCUT2D eigenvalue weighted by Gasteiger charge is -2.24. The predicted octanol–water partition coefficient (Wildman–Crippen LogP) is 3.71. The maximum absolute atomic E-state index is 13.5. The largest absolute Gasteiger partial charge is 0.497 e. The minimum absolute atomic E-state index is 0.118. The third kappa shape index (κ3) is 6.24. The molecule has 37 heavy (non-hydrogen) atoms. The number of nitrogens with zero attached hydrogens (tertiary/aromatic N) is 3. The summed E-state index contributed by atoms with van der Waals surface area (Å²) in [4.78, 5) is 35.9. The van der Waals surface area contributed by atoms with E-state index in [-0.39, 0.29) is 21.8 Å². The molecule has 0 saturated carbocycles. The van der Waals surface area contributed by atoms with Gasteiger partial charge in [0.1, 0.15) is 17.9 Å². The van der Waals surface area contributed by atoms with Crippen molar-refractivity contribution in [3.05, 3.63) is 64.3 Å². The first kappa shape index (κ1) is 27.6. The number of esters is 1. The van der Waals surface area contributed by atoms with Gasteiger partial charge in [-0.15, -0.1) is 0 Å². The molecule has 0 N–H and O–H groups in total. The van der Waals surface area contributed by atoms with Gasteiger partial charge in [-0.25, -0.2) is 17.8 Å². The molecule has 12 nitrogen and oxygen atoms in total. The van der Waals surface area contributed by atoms with E-state index in [0.29, 0.717) is 11.1 Å². The Morgan fingerprint density at radius 2 is 1.70 bits per heavy atom. The van der Waals surface area contributed by atoms with Gasteiger partial charge in [-0.3, -0.25) is 14.9 Å². The Morgan fingerprint density at radius 1 is 1.05 bits per heavy atom. The van der Waals surface area contributed by atoms with E-state index in [1.165, 1.54) is 55.6 Å². The van der Waals surface area contributed by atoms with Gasteiger partial charge in [0.2, 0.25) is 10.0 Å². The first-order valence-corrected chi connectivity index (χ1v) is 12.4. The second-order valence-corrected chi connectivity index (χ2v) is 10.9. The third-order valence-electron chi connectivity index (χ3n) is 5.22. The summed E-state index contributed by atoms with van der Waals surface area (Å²) in [5.41, 5.74) is -0.690. The number of rotatable bonds is 8. The second-order valence-electron chi connectivity index (χ2n) is 8.98. The number of hydrogen-bond acceptors (Lipinski definition) is 9. The number of methoxy groups -OCH3 is 2. The fourth-order valence-corrected chi connectivity index (χ4v) is 4.88. The molecular formula is C24H27N3O9S. The van der Waals surface area contributed by atoms with E-state index in [2.05, 4.69) is 0 Å². The number of carbonyl (C=O) groups is 2.